The molecule has 0 unspecified atom stereocenters. The molecule has 1 aromatic carbocycles. The Labute approximate surface area is 92.7 Å². The standard InChI is InChI=1S/C13H11FO2/c14-9-4-1-8(2-5-9)3-6-10-11-7-16-13(15)12(10)11/h1-6,10-12H,7H2/b6-3+/t10-,11-,12+/m1/s1. The van der Waals surface area contributed by atoms with E-state index in [-0.39, 0.29) is 17.7 Å². The average Bonchev–Trinajstić information content (AvgIpc) is 2.86. The Hall–Kier alpha value is -1.64. The number of cyclic esters (lactones) is 1. The minimum Gasteiger partial charge on any atom is -0.465 e. The highest BCUT2D eigenvalue weighted by Crippen LogP contribution is 2.52. The van der Waals surface area contributed by atoms with Gasteiger partial charge in [-0.1, -0.05) is 24.3 Å². The third-order valence-corrected chi connectivity index (χ3v) is 3.30. The molecular formula is C13H11FO2. The molecule has 0 radical (unpaired) electrons. The maximum Gasteiger partial charge on any atom is 0.309 e. The fraction of sp³-hybridized carbons (Fsp3) is 0.308. The molecule has 2 nitrogen and oxygen atoms in total. The average molecular weight is 218 g/mol. The van der Waals surface area contributed by atoms with E-state index in [4.69, 9.17) is 4.74 Å². The van der Waals surface area contributed by atoms with Gasteiger partial charge in [-0.3, -0.25) is 4.79 Å². The van der Waals surface area contributed by atoms with Gasteiger partial charge in [0, 0.05) is 5.92 Å². The van der Waals surface area contributed by atoms with E-state index in [9.17, 15) is 9.18 Å². The number of carbonyl (C=O) groups excluding carboxylic acids is 1. The summed E-state index contributed by atoms with van der Waals surface area (Å²) in [6.45, 7) is 0.557. The maximum absolute atomic E-state index is 12.7. The van der Waals surface area contributed by atoms with Gasteiger partial charge in [0.05, 0.1) is 12.5 Å². The van der Waals surface area contributed by atoms with Gasteiger partial charge in [-0.2, -0.15) is 0 Å². The zero-order chi connectivity index (χ0) is 11.1. The number of hydrogen-bond acceptors (Lipinski definition) is 2. The molecule has 1 saturated carbocycles. The van der Waals surface area contributed by atoms with Crippen LogP contribution in [-0.2, 0) is 9.53 Å². The Bertz CT molecular complexity index is 450. The summed E-state index contributed by atoms with van der Waals surface area (Å²) < 4.78 is 17.5. The van der Waals surface area contributed by atoms with E-state index in [0.29, 0.717) is 18.4 Å². The van der Waals surface area contributed by atoms with Gasteiger partial charge < -0.3 is 4.74 Å². The Morgan fingerprint density at radius 2 is 2.06 bits per heavy atom. The summed E-state index contributed by atoms with van der Waals surface area (Å²) >= 11 is 0. The molecule has 2 aliphatic rings. The summed E-state index contributed by atoms with van der Waals surface area (Å²) in [7, 11) is 0. The second-order valence-electron chi connectivity index (χ2n) is 4.31. The smallest absolute Gasteiger partial charge is 0.309 e. The van der Waals surface area contributed by atoms with Crippen molar-refractivity contribution in [3.05, 3.63) is 41.7 Å². The lowest BCUT2D eigenvalue weighted by Crippen LogP contribution is -2.03. The van der Waals surface area contributed by atoms with E-state index in [1.165, 1.54) is 12.1 Å². The first-order chi connectivity index (χ1) is 7.75. The predicted molar refractivity (Wildman–Crippen MR) is 56.9 cm³/mol. The zero-order valence-electron chi connectivity index (χ0n) is 8.60. The topological polar surface area (TPSA) is 26.3 Å². The minimum atomic E-state index is -0.232. The molecule has 2 fully saturated rings. The zero-order valence-corrected chi connectivity index (χ0v) is 8.60. The summed E-state index contributed by atoms with van der Waals surface area (Å²) in [5.41, 5.74) is 0.958. The first kappa shape index (κ1) is 9.58. The molecule has 0 amide bonds. The molecule has 0 spiro atoms. The minimum absolute atomic E-state index is 0.0706. The largest absolute Gasteiger partial charge is 0.465 e. The summed E-state index contributed by atoms with van der Waals surface area (Å²) in [5.74, 6) is 0.481. The number of esters is 1. The third-order valence-electron chi connectivity index (χ3n) is 3.30. The van der Waals surface area contributed by atoms with Crippen LogP contribution in [0.15, 0.2) is 30.3 Å². The van der Waals surface area contributed by atoms with Gasteiger partial charge in [-0.05, 0) is 23.6 Å². The Kier molecular flexibility index (Phi) is 2.06. The second-order valence-corrected chi connectivity index (χ2v) is 4.31. The van der Waals surface area contributed by atoms with Crippen LogP contribution in [0.5, 0.6) is 0 Å². The molecule has 82 valence electrons. The van der Waals surface area contributed by atoms with E-state index in [0.717, 1.165) is 5.56 Å². The van der Waals surface area contributed by atoms with Crippen LogP contribution in [0.2, 0.25) is 0 Å². The second kappa shape index (κ2) is 3.44. The highest BCUT2D eigenvalue weighted by Gasteiger charge is 2.59. The van der Waals surface area contributed by atoms with Crippen molar-refractivity contribution >= 4 is 12.0 Å². The van der Waals surface area contributed by atoms with E-state index in [1.54, 1.807) is 12.1 Å². The maximum atomic E-state index is 12.7. The fourth-order valence-electron chi connectivity index (χ4n) is 2.28. The molecule has 0 aromatic heterocycles. The Morgan fingerprint density at radius 1 is 1.31 bits per heavy atom. The number of ether oxygens (including phenoxy) is 1. The normalized spacial score (nSPS) is 31.6. The Balaban J connectivity index is 1.68. The predicted octanol–water partition coefficient (Wildman–Crippen LogP) is 2.26. The van der Waals surface area contributed by atoms with Gasteiger partial charge >= 0.3 is 5.97 Å². The number of fused-ring (bicyclic) bond motifs is 1. The molecule has 3 atom stereocenters. The lowest BCUT2D eigenvalue weighted by molar-refractivity contribution is -0.141. The molecule has 1 saturated heterocycles. The number of hydrogen-bond donors (Lipinski definition) is 0. The summed E-state index contributed by atoms with van der Waals surface area (Å²) in [6.07, 6.45) is 3.97. The van der Waals surface area contributed by atoms with Crippen molar-refractivity contribution in [3.8, 4) is 0 Å². The van der Waals surface area contributed by atoms with Crippen LogP contribution in [0.25, 0.3) is 6.08 Å². The van der Waals surface area contributed by atoms with Crippen LogP contribution in [0.1, 0.15) is 5.56 Å². The SMILES string of the molecule is O=C1OC[C@@H]2[C@@H](/C=C/c3ccc(F)cc3)[C@H]12. The first-order valence-corrected chi connectivity index (χ1v) is 5.36. The summed E-state index contributed by atoms with van der Waals surface area (Å²) in [5, 5.41) is 0. The van der Waals surface area contributed by atoms with Crippen LogP contribution in [0.3, 0.4) is 0 Å². The molecule has 0 N–H and O–H groups in total. The molecular weight excluding hydrogens is 207 g/mol. The van der Waals surface area contributed by atoms with E-state index in [1.807, 2.05) is 12.2 Å². The quantitative estimate of drug-likeness (QED) is 0.712. The molecule has 1 aliphatic heterocycles. The number of carbonyl (C=O) groups is 1. The van der Waals surface area contributed by atoms with Gasteiger partial charge in [0.1, 0.15) is 5.82 Å². The van der Waals surface area contributed by atoms with Crippen LogP contribution < -0.4 is 0 Å². The number of halogens is 1. The van der Waals surface area contributed by atoms with Crippen LogP contribution in [0, 0.1) is 23.6 Å². The Morgan fingerprint density at radius 3 is 2.69 bits per heavy atom. The van der Waals surface area contributed by atoms with Gasteiger partial charge in [-0.25, -0.2) is 4.39 Å². The van der Waals surface area contributed by atoms with Crippen molar-refractivity contribution in [3.63, 3.8) is 0 Å². The lowest BCUT2D eigenvalue weighted by Gasteiger charge is -1.98. The molecule has 1 aliphatic carbocycles. The number of allylic oxidation sites excluding steroid dienone is 1. The van der Waals surface area contributed by atoms with Gasteiger partial charge in [0.2, 0.25) is 0 Å². The monoisotopic (exact) mass is 218 g/mol. The fourth-order valence-corrected chi connectivity index (χ4v) is 2.28. The van der Waals surface area contributed by atoms with Gasteiger partial charge in [0.15, 0.2) is 0 Å². The van der Waals surface area contributed by atoms with Crippen molar-refractivity contribution in [2.75, 3.05) is 6.61 Å². The number of benzene rings is 1. The van der Waals surface area contributed by atoms with E-state index >= 15 is 0 Å². The molecule has 3 heteroatoms. The third kappa shape index (κ3) is 1.52. The van der Waals surface area contributed by atoms with Crippen molar-refractivity contribution in [2.24, 2.45) is 17.8 Å². The molecule has 16 heavy (non-hydrogen) atoms. The van der Waals surface area contributed by atoms with Crippen molar-refractivity contribution in [2.45, 2.75) is 0 Å². The van der Waals surface area contributed by atoms with Crippen molar-refractivity contribution in [1.29, 1.82) is 0 Å². The van der Waals surface area contributed by atoms with Gasteiger partial charge in [0.25, 0.3) is 0 Å². The van der Waals surface area contributed by atoms with Crippen molar-refractivity contribution in [1.82, 2.24) is 0 Å². The highest BCUT2D eigenvalue weighted by molar-refractivity contribution is 5.80. The summed E-state index contributed by atoms with van der Waals surface area (Å²) in [6, 6.07) is 6.31. The van der Waals surface area contributed by atoms with Crippen LogP contribution in [-0.4, -0.2) is 12.6 Å². The molecule has 0 bridgehead atoms. The van der Waals surface area contributed by atoms with Crippen LogP contribution in [0.4, 0.5) is 4.39 Å². The van der Waals surface area contributed by atoms with Crippen molar-refractivity contribution < 1.29 is 13.9 Å². The molecule has 3 rings (SSSR count). The van der Waals surface area contributed by atoms with E-state index in [2.05, 4.69) is 0 Å². The molecule has 1 heterocycles. The highest BCUT2D eigenvalue weighted by atomic mass is 19.1. The molecule has 1 aromatic rings. The summed E-state index contributed by atoms with van der Waals surface area (Å²) in [4.78, 5) is 11.2. The first-order valence-electron chi connectivity index (χ1n) is 5.36. The number of rotatable bonds is 2. The van der Waals surface area contributed by atoms with Crippen LogP contribution >= 0.6 is 0 Å². The van der Waals surface area contributed by atoms with E-state index < -0.39 is 0 Å². The van der Waals surface area contributed by atoms with Gasteiger partial charge in [-0.15, -0.1) is 0 Å². The lowest BCUT2D eigenvalue weighted by atomic mass is 10.1.